The van der Waals surface area contributed by atoms with Gasteiger partial charge in [-0.2, -0.15) is 0 Å². The molecule has 0 spiro atoms. The van der Waals surface area contributed by atoms with Gasteiger partial charge in [-0.3, -0.25) is 4.79 Å². The Morgan fingerprint density at radius 3 is 2.71 bits per heavy atom. The van der Waals surface area contributed by atoms with E-state index in [2.05, 4.69) is 22.8 Å². The van der Waals surface area contributed by atoms with Crippen LogP contribution >= 0.6 is 0 Å². The Bertz CT molecular complexity index is 265. The molecular formula is C11H16N2O. The summed E-state index contributed by atoms with van der Waals surface area (Å²) in [6.07, 6.45) is 7.54. The molecule has 14 heavy (non-hydrogen) atoms. The summed E-state index contributed by atoms with van der Waals surface area (Å²) in [5, 5.41) is 6.51. The van der Waals surface area contributed by atoms with Gasteiger partial charge in [0.15, 0.2) is 0 Å². The fourth-order valence-corrected chi connectivity index (χ4v) is 2.90. The average Bonchev–Trinajstić information content (AvgIpc) is 2.77. The monoisotopic (exact) mass is 192 g/mol. The predicted octanol–water partition coefficient (Wildman–Crippen LogP) is 0.429. The van der Waals surface area contributed by atoms with Crippen LogP contribution in [0.3, 0.4) is 0 Å². The average molecular weight is 192 g/mol. The summed E-state index contributed by atoms with van der Waals surface area (Å²) in [4.78, 5) is 11.9. The van der Waals surface area contributed by atoms with Gasteiger partial charge in [-0.05, 0) is 31.7 Å². The maximum atomic E-state index is 11.9. The summed E-state index contributed by atoms with van der Waals surface area (Å²) >= 11 is 0. The van der Waals surface area contributed by atoms with E-state index in [-0.39, 0.29) is 11.8 Å². The van der Waals surface area contributed by atoms with E-state index < -0.39 is 0 Å². The van der Waals surface area contributed by atoms with Gasteiger partial charge in [-0.15, -0.1) is 0 Å². The third-order valence-electron chi connectivity index (χ3n) is 3.80. The quantitative estimate of drug-likeness (QED) is 0.623. The second kappa shape index (κ2) is 3.09. The molecule has 0 aromatic carbocycles. The van der Waals surface area contributed by atoms with E-state index >= 15 is 0 Å². The first-order valence-corrected chi connectivity index (χ1v) is 5.53. The van der Waals surface area contributed by atoms with Gasteiger partial charge >= 0.3 is 0 Å². The molecule has 0 aromatic rings. The highest BCUT2D eigenvalue weighted by Gasteiger charge is 2.50. The minimum atomic E-state index is 0.274. The lowest BCUT2D eigenvalue weighted by atomic mass is 9.73. The highest BCUT2D eigenvalue weighted by Crippen LogP contribution is 2.40. The normalized spacial score (nSPS) is 39.9. The van der Waals surface area contributed by atoms with Crippen molar-refractivity contribution in [1.82, 2.24) is 10.6 Å². The van der Waals surface area contributed by atoms with Gasteiger partial charge in [0.1, 0.15) is 0 Å². The molecular weight excluding hydrogens is 176 g/mol. The van der Waals surface area contributed by atoms with E-state index in [0.29, 0.717) is 18.0 Å². The van der Waals surface area contributed by atoms with Crippen LogP contribution in [0.15, 0.2) is 12.2 Å². The van der Waals surface area contributed by atoms with Gasteiger partial charge in [0, 0.05) is 12.1 Å². The van der Waals surface area contributed by atoms with E-state index in [1.54, 1.807) is 0 Å². The fraction of sp³-hybridized carbons (Fsp3) is 0.727. The van der Waals surface area contributed by atoms with Crippen LogP contribution in [-0.4, -0.2) is 24.5 Å². The molecule has 76 valence electrons. The van der Waals surface area contributed by atoms with Gasteiger partial charge in [-0.25, -0.2) is 0 Å². The highest BCUT2D eigenvalue weighted by molar-refractivity contribution is 5.81. The molecule has 2 N–H and O–H groups in total. The predicted molar refractivity (Wildman–Crippen MR) is 53.7 cm³/mol. The summed E-state index contributed by atoms with van der Waals surface area (Å²) < 4.78 is 0. The summed E-state index contributed by atoms with van der Waals surface area (Å²) in [6.45, 7) is 1.05. The van der Waals surface area contributed by atoms with Gasteiger partial charge in [0.2, 0.25) is 5.91 Å². The maximum absolute atomic E-state index is 11.9. The largest absolute Gasteiger partial charge is 0.352 e. The number of rotatable bonds is 2. The number of carbonyl (C=O) groups excluding carboxylic acids is 1. The number of hydrogen-bond acceptors (Lipinski definition) is 2. The molecule has 4 rings (SSSR count). The zero-order valence-corrected chi connectivity index (χ0v) is 8.20. The lowest BCUT2D eigenvalue weighted by Crippen LogP contribution is -2.49. The van der Waals surface area contributed by atoms with Crippen molar-refractivity contribution in [2.24, 2.45) is 11.8 Å². The molecule has 3 unspecified atom stereocenters. The summed E-state index contributed by atoms with van der Waals surface area (Å²) in [5.74, 6) is 1.18. The Labute approximate surface area is 83.9 Å². The van der Waals surface area contributed by atoms with Crippen molar-refractivity contribution >= 4 is 5.91 Å². The maximum Gasteiger partial charge on any atom is 0.225 e. The van der Waals surface area contributed by atoms with Crippen LogP contribution in [0.5, 0.6) is 0 Å². The van der Waals surface area contributed by atoms with Crippen molar-refractivity contribution < 1.29 is 4.79 Å². The number of amides is 1. The SMILES string of the molecule is O=C(NC1CC=CC1)C1C2CNC1C2. The third kappa shape index (κ3) is 1.19. The first-order valence-electron chi connectivity index (χ1n) is 5.53. The molecule has 4 aliphatic rings. The molecule has 2 heterocycles. The molecule has 1 amide bonds. The molecule has 3 heteroatoms. The number of fused-ring (bicyclic) bond motifs is 1. The van der Waals surface area contributed by atoms with Gasteiger partial charge in [0.25, 0.3) is 0 Å². The molecule has 1 saturated carbocycles. The van der Waals surface area contributed by atoms with Crippen molar-refractivity contribution in [1.29, 1.82) is 0 Å². The van der Waals surface area contributed by atoms with E-state index in [1.165, 1.54) is 6.42 Å². The van der Waals surface area contributed by atoms with Crippen LogP contribution in [-0.2, 0) is 4.79 Å². The molecule has 3 fully saturated rings. The molecule has 2 saturated heterocycles. The van der Waals surface area contributed by atoms with Crippen LogP contribution in [0.25, 0.3) is 0 Å². The smallest absolute Gasteiger partial charge is 0.225 e. The number of nitrogens with one attached hydrogen (secondary N) is 2. The van der Waals surface area contributed by atoms with E-state index in [4.69, 9.17) is 0 Å². The third-order valence-corrected chi connectivity index (χ3v) is 3.80. The zero-order valence-electron chi connectivity index (χ0n) is 8.20. The van der Waals surface area contributed by atoms with E-state index in [9.17, 15) is 4.79 Å². The molecule has 0 radical (unpaired) electrons. The topological polar surface area (TPSA) is 41.1 Å². The van der Waals surface area contributed by atoms with Crippen LogP contribution in [0, 0.1) is 11.8 Å². The van der Waals surface area contributed by atoms with Crippen LogP contribution in [0.2, 0.25) is 0 Å². The molecule has 0 aromatic heterocycles. The molecule has 2 aliphatic carbocycles. The lowest BCUT2D eigenvalue weighted by molar-refractivity contribution is -0.129. The van der Waals surface area contributed by atoms with Gasteiger partial charge in [-0.1, -0.05) is 12.2 Å². The minimum Gasteiger partial charge on any atom is -0.352 e. The lowest BCUT2D eigenvalue weighted by Gasteiger charge is -2.33. The van der Waals surface area contributed by atoms with Crippen molar-refractivity contribution in [3.63, 3.8) is 0 Å². The zero-order chi connectivity index (χ0) is 9.54. The van der Waals surface area contributed by atoms with Crippen LogP contribution in [0.1, 0.15) is 19.3 Å². The summed E-state index contributed by atoms with van der Waals surface area (Å²) in [7, 11) is 0. The van der Waals surface area contributed by atoms with Gasteiger partial charge < -0.3 is 10.6 Å². The van der Waals surface area contributed by atoms with Crippen molar-refractivity contribution in [3.8, 4) is 0 Å². The number of carbonyl (C=O) groups is 1. The van der Waals surface area contributed by atoms with E-state index in [1.807, 2.05) is 0 Å². The van der Waals surface area contributed by atoms with Crippen molar-refractivity contribution in [3.05, 3.63) is 12.2 Å². The Hall–Kier alpha value is -0.830. The second-order valence-electron chi connectivity index (χ2n) is 4.68. The van der Waals surface area contributed by atoms with Crippen molar-refractivity contribution in [2.45, 2.75) is 31.3 Å². The highest BCUT2D eigenvalue weighted by atomic mass is 16.2. The molecule has 3 nitrogen and oxygen atoms in total. The molecule has 3 atom stereocenters. The second-order valence-corrected chi connectivity index (χ2v) is 4.68. The summed E-state index contributed by atoms with van der Waals surface area (Å²) in [5.41, 5.74) is 0. The molecule has 2 bridgehead atoms. The number of hydrogen-bond donors (Lipinski definition) is 2. The Kier molecular flexibility index (Phi) is 1.87. The fourth-order valence-electron chi connectivity index (χ4n) is 2.90. The standard InChI is InChI=1S/C11H16N2O/c14-11(13-8-3-1-2-4-8)10-7-5-9(10)12-6-7/h1-2,7-10,12H,3-6H2,(H,13,14). The molecule has 2 aliphatic heterocycles. The van der Waals surface area contributed by atoms with Gasteiger partial charge in [0.05, 0.1) is 5.92 Å². The first kappa shape index (κ1) is 8.48. The van der Waals surface area contributed by atoms with Crippen LogP contribution in [0.4, 0.5) is 0 Å². The van der Waals surface area contributed by atoms with Crippen molar-refractivity contribution in [2.75, 3.05) is 6.54 Å². The first-order chi connectivity index (χ1) is 6.84. The Balaban J connectivity index is 1.56. The van der Waals surface area contributed by atoms with E-state index in [0.717, 1.165) is 19.4 Å². The minimum absolute atomic E-state index is 0.274. The Morgan fingerprint density at radius 1 is 1.36 bits per heavy atom. The van der Waals surface area contributed by atoms with Crippen LogP contribution < -0.4 is 10.6 Å². The Morgan fingerprint density at radius 2 is 2.14 bits per heavy atom. The summed E-state index contributed by atoms with van der Waals surface area (Å²) in [6, 6.07) is 0.858.